The van der Waals surface area contributed by atoms with Gasteiger partial charge >= 0.3 is 0 Å². The molecule has 0 unspecified atom stereocenters. The largest absolute Gasteiger partial charge is 0.494 e. The monoisotopic (exact) mass is 206 g/mol. The Morgan fingerprint density at radius 3 is 3.00 bits per heavy atom. The van der Waals surface area contributed by atoms with Gasteiger partial charge in [-0.1, -0.05) is 12.2 Å². The van der Waals surface area contributed by atoms with Crippen LogP contribution in [0.25, 0.3) is 11.6 Å². The molecule has 0 saturated heterocycles. The zero-order valence-corrected chi connectivity index (χ0v) is 8.57. The first-order chi connectivity index (χ1) is 7.26. The van der Waals surface area contributed by atoms with Gasteiger partial charge in [-0.15, -0.1) is 0 Å². The van der Waals surface area contributed by atoms with Gasteiger partial charge in [0, 0.05) is 6.20 Å². The molecule has 0 bridgehead atoms. The van der Waals surface area contributed by atoms with E-state index >= 15 is 0 Å². The van der Waals surface area contributed by atoms with Crippen LogP contribution >= 0.6 is 0 Å². The van der Waals surface area contributed by atoms with Crippen molar-refractivity contribution in [3.63, 3.8) is 0 Å². The summed E-state index contributed by atoms with van der Waals surface area (Å²) < 4.78 is 19.9. The second kappa shape index (κ2) is 3.73. The van der Waals surface area contributed by atoms with Crippen molar-refractivity contribution in [1.29, 1.82) is 0 Å². The maximum atomic E-state index is 13.3. The highest BCUT2D eigenvalue weighted by atomic mass is 19.1. The maximum Gasteiger partial charge on any atom is 0.172 e. The van der Waals surface area contributed by atoms with Crippen LogP contribution in [0.4, 0.5) is 4.39 Å². The van der Waals surface area contributed by atoms with Gasteiger partial charge in [-0.05, 0) is 18.6 Å². The summed E-state index contributed by atoms with van der Waals surface area (Å²) in [5.41, 5.74) is 1.29. The molecular weight excluding hydrogens is 195 g/mol. The van der Waals surface area contributed by atoms with E-state index in [1.807, 2.05) is 19.1 Å². The summed E-state index contributed by atoms with van der Waals surface area (Å²) in [5, 5.41) is 3.90. The Kier molecular flexibility index (Phi) is 2.41. The summed E-state index contributed by atoms with van der Waals surface area (Å²) in [4.78, 5) is 0. The van der Waals surface area contributed by atoms with Gasteiger partial charge in [0.05, 0.1) is 13.3 Å². The molecule has 2 aromatic heterocycles. The quantitative estimate of drug-likeness (QED) is 0.754. The van der Waals surface area contributed by atoms with Gasteiger partial charge in [-0.2, -0.15) is 5.10 Å². The number of nitrogens with zero attached hydrogens (tertiary/aromatic N) is 2. The minimum absolute atomic E-state index is 0.366. The average molecular weight is 206 g/mol. The number of rotatable bonds is 2. The van der Waals surface area contributed by atoms with Gasteiger partial charge in [0.15, 0.2) is 5.82 Å². The van der Waals surface area contributed by atoms with Gasteiger partial charge in [-0.3, -0.25) is 0 Å². The molecule has 3 nitrogen and oxygen atoms in total. The van der Waals surface area contributed by atoms with Crippen molar-refractivity contribution in [2.24, 2.45) is 0 Å². The molecule has 0 aromatic carbocycles. The lowest BCUT2D eigenvalue weighted by Crippen LogP contribution is -1.93. The molecule has 4 heteroatoms. The van der Waals surface area contributed by atoms with E-state index in [0.717, 1.165) is 5.56 Å². The number of hydrogen-bond acceptors (Lipinski definition) is 2. The number of allylic oxidation sites excluding steroid dienone is 1. The molecule has 0 atom stereocenters. The fraction of sp³-hybridized carbons (Fsp3) is 0.182. The Morgan fingerprint density at radius 2 is 2.33 bits per heavy atom. The number of ether oxygens (including phenoxy) is 1. The normalized spacial score (nSPS) is 11.4. The van der Waals surface area contributed by atoms with Crippen LogP contribution in [0.1, 0.15) is 12.5 Å². The predicted octanol–water partition coefficient (Wildman–Crippen LogP) is 2.52. The van der Waals surface area contributed by atoms with Crippen molar-refractivity contribution in [2.45, 2.75) is 6.92 Å². The highest BCUT2D eigenvalue weighted by molar-refractivity contribution is 5.64. The third-order valence-electron chi connectivity index (χ3n) is 2.13. The van der Waals surface area contributed by atoms with Crippen LogP contribution in [0.2, 0.25) is 0 Å². The minimum atomic E-state index is -0.376. The molecule has 2 rings (SSSR count). The lowest BCUT2D eigenvalue weighted by molar-refractivity contribution is 0.415. The molecule has 0 N–H and O–H groups in total. The number of methoxy groups -OCH3 is 1. The Bertz CT molecular complexity index is 517. The van der Waals surface area contributed by atoms with E-state index in [0.29, 0.717) is 11.3 Å². The van der Waals surface area contributed by atoms with Crippen LogP contribution in [-0.4, -0.2) is 16.7 Å². The Balaban J connectivity index is 2.73. The molecule has 2 heterocycles. The van der Waals surface area contributed by atoms with E-state index < -0.39 is 0 Å². The number of aromatic nitrogens is 2. The average Bonchev–Trinajstić information content (AvgIpc) is 2.60. The van der Waals surface area contributed by atoms with Crippen molar-refractivity contribution in [1.82, 2.24) is 9.61 Å². The smallest absolute Gasteiger partial charge is 0.172 e. The maximum absolute atomic E-state index is 13.3. The van der Waals surface area contributed by atoms with Crippen molar-refractivity contribution in [3.8, 4) is 5.75 Å². The molecule has 78 valence electrons. The molecule has 0 aliphatic heterocycles. The Labute approximate surface area is 86.8 Å². The number of halogens is 1. The van der Waals surface area contributed by atoms with Crippen LogP contribution in [0.5, 0.6) is 5.75 Å². The summed E-state index contributed by atoms with van der Waals surface area (Å²) in [6.45, 7) is 1.92. The Hall–Kier alpha value is -1.84. The lowest BCUT2D eigenvalue weighted by atomic mass is 10.2. The van der Waals surface area contributed by atoms with Crippen LogP contribution in [-0.2, 0) is 0 Å². The van der Waals surface area contributed by atoms with E-state index in [1.54, 1.807) is 12.3 Å². The van der Waals surface area contributed by atoms with Crippen molar-refractivity contribution in [2.75, 3.05) is 7.11 Å². The van der Waals surface area contributed by atoms with Gasteiger partial charge in [0.2, 0.25) is 0 Å². The van der Waals surface area contributed by atoms with E-state index in [4.69, 9.17) is 4.74 Å². The molecule has 2 aromatic rings. The van der Waals surface area contributed by atoms with Crippen LogP contribution in [0, 0.1) is 5.82 Å². The first-order valence-electron chi connectivity index (χ1n) is 4.60. The molecule has 0 saturated carbocycles. The summed E-state index contributed by atoms with van der Waals surface area (Å²) >= 11 is 0. The van der Waals surface area contributed by atoms with E-state index in [9.17, 15) is 4.39 Å². The topological polar surface area (TPSA) is 26.5 Å². The fourth-order valence-corrected chi connectivity index (χ4v) is 1.51. The minimum Gasteiger partial charge on any atom is -0.494 e. The van der Waals surface area contributed by atoms with E-state index in [2.05, 4.69) is 5.10 Å². The molecule has 15 heavy (non-hydrogen) atoms. The van der Waals surface area contributed by atoms with Crippen LogP contribution in [0.3, 0.4) is 0 Å². The second-order valence-electron chi connectivity index (χ2n) is 3.13. The first-order valence-corrected chi connectivity index (χ1v) is 4.60. The highest BCUT2D eigenvalue weighted by Gasteiger charge is 2.10. The summed E-state index contributed by atoms with van der Waals surface area (Å²) in [6, 6.07) is 1.78. The zero-order chi connectivity index (χ0) is 10.8. The van der Waals surface area contributed by atoms with E-state index in [-0.39, 0.29) is 5.82 Å². The van der Waals surface area contributed by atoms with Crippen molar-refractivity contribution >= 4 is 11.6 Å². The first kappa shape index (κ1) is 9.71. The zero-order valence-electron chi connectivity index (χ0n) is 8.57. The van der Waals surface area contributed by atoms with Crippen molar-refractivity contribution in [3.05, 3.63) is 35.9 Å². The van der Waals surface area contributed by atoms with Gasteiger partial charge in [0.25, 0.3) is 0 Å². The SMILES string of the molecule is C/C=C/c1cc(OC)c2c(F)cnn2c1. The molecular formula is C11H11FN2O. The van der Waals surface area contributed by atoms with E-state index in [1.165, 1.54) is 17.8 Å². The molecule has 0 aliphatic rings. The predicted molar refractivity (Wildman–Crippen MR) is 56.4 cm³/mol. The molecule has 0 amide bonds. The van der Waals surface area contributed by atoms with Crippen LogP contribution < -0.4 is 4.74 Å². The number of fused-ring (bicyclic) bond motifs is 1. The van der Waals surface area contributed by atoms with Gasteiger partial charge < -0.3 is 4.74 Å². The Morgan fingerprint density at radius 1 is 1.53 bits per heavy atom. The van der Waals surface area contributed by atoms with Gasteiger partial charge in [0.1, 0.15) is 11.3 Å². The number of hydrogen-bond donors (Lipinski definition) is 0. The molecule has 0 fully saturated rings. The summed E-state index contributed by atoms with van der Waals surface area (Å²) in [7, 11) is 1.52. The van der Waals surface area contributed by atoms with Gasteiger partial charge in [-0.25, -0.2) is 8.91 Å². The van der Waals surface area contributed by atoms with Crippen molar-refractivity contribution < 1.29 is 9.13 Å². The summed E-state index contributed by atoms with van der Waals surface area (Å²) in [6.07, 6.45) is 6.74. The van der Waals surface area contributed by atoms with Crippen LogP contribution in [0.15, 0.2) is 24.5 Å². The fourth-order valence-electron chi connectivity index (χ4n) is 1.51. The molecule has 0 aliphatic carbocycles. The lowest BCUT2D eigenvalue weighted by Gasteiger charge is -2.04. The standard InChI is InChI=1S/C11H11FN2O/c1-3-4-8-5-10(15-2)11-9(12)6-13-14(11)7-8/h3-7H,1-2H3/b4-3+. The summed E-state index contributed by atoms with van der Waals surface area (Å²) in [5.74, 6) is 0.111. The number of pyridine rings is 1. The highest BCUT2D eigenvalue weighted by Crippen LogP contribution is 2.24. The third-order valence-corrected chi connectivity index (χ3v) is 2.13. The molecule has 0 spiro atoms. The second-order valence-corrected chi connectivity index (χ2v) is 3.13. The third kappa shape index (κ3) is 1.58. The molecule has 0 radical (unpaired) electrons.